The van der Waals surface area contributed by atoms with Gasteiger partial charge in [0.15, 0.2) is 0 Å². The predicted molar refractivity (Wildman–Crippen MR) is 131 cm³/mol. The average Bonchev–Trinajstić information content (AvgIpc) is 3.23. The standard InChI is InChI=1S/C24H28N4O.C2HF3O2/c1-16-12-17(2)14-19(13-16)24(29)26-21-6-5-11-28-15-25-22(23(21)28)18-7-9-20(10-8-18)27(3)4;3-2(4,5)1(6)7/h7-10,12-15,21H,5-6,11H2,1-4H3,(H,26,29);(H,6,7). The van der Waals surface area contributed by atoms with Crippen molar-refractivity contribution in [3.8, 4) is 11.3 Å². The van der Waals surface area contributed by atoms with E-state index in [9.17, 15) is 18.0 Å². The molecule has 0 fully saturated rings. The van der Waals surface area contributed by atoms with E-state index in [0.717, 1.165) is 58.7 Å². The molecule has 10 heteroatoms. The molecule has 2 aromatic carbocycles. The molecule has 0 spiro atoms. The maximum Gasteiger partial charge on any atom is 0.490 e. The van der Waals surface area contributed by atoms with Crippen LogP contribution in [0.15, 0.2) is 48.8 Å². The number of carbonyl (C=O) groups is 2. The topological polar surface area (TPSA) is 87.5 Å². The van der Waals surface area contributed by atoms with Gasteiger partial charge < -0.3 is 19.9 Å². The van der Waals surface area contributed by atoms with Crippen molar-refractivity contribution < 1.29 is 27.9 Å². The SMILES string of the molecule is Cc1cc(C)cc(C(=O)NC2CCCn3cnc(-c4ccc(N(C)C)cc4)c32)c1.O=C(O)C(F)(F)F. The third-order valence-corrected chi connectivity index (χ3v) is 5.79. The number of hydrogen-bond donors (Lipinski definition) is 2. The first-order valence-corrected chi connectivity index (χ1v) is 11.4. The lowest BCUT2D eigenvalue weighted by molar-refractivity contribution is -0.192. The lowest BCUT2D eigenvalue weighted by Crippen LogP contribution is -2.32. The zero-order valence-electron chi connectivity index (χ0n) is 20.6. The maximum atomic E-state index is 13.0. The minimum absolute atomic E-state index is 0.0228. The number of aliphatic carboxylic acids is 1. The van der Waals surface area contributed by atoms with Gasteiger partial charge in [0.2, 0.25) is 0 Å². The summed E-state index contributed by atoms with van der Waals surface area (Å²) < 4.78 is 33.9. The first-order chi connectivity index (χ1) is 16.9. The molecular formula is C26H29F3N4O3. The van der Waals surface area contributed by atoms with Gasteiger partial charge in [-0.3, -0.25) is 4.79 Å². The Hall–Kier alpha value is -3.82. The Balaban J connectivity index is 0.000000454. The minimum Gasteiger partial charge on any atom is -0.475 e. The number of rotatable bonds is 4. The van der Waals surface area contributed by atoms with Gasteiger partial charge in [-0.05, 0) is 51.0 Å². The number of benzene rings is 2. The number of carbonyl (C=O) groups excluding carboxylic acids is 1. The molecule has 0 bridgehead atoms. The summed E-state index contributed by atoms with van der Waals surface area (Å²) in [7, 11) is 4.07. The van der Waals surface area contributed by atoms with Crippen LogP contribution in [0.3, 0.4) is 0 Å². The highest BCUT2D eigenvalue weighted by Crippen LogP contribution is 2.34. The number of amides is 1. The van der Waals surface area contributed by atoms with Crippen molar-refractivity contribution in [1.82, 2.24) is 14.9 Å². The van der Waals surface area contributed by atoms with Crippen LogP contribution in [0.5, 0.6) is 0 Å². The van der Waals surface area contributed by atoms with Gasteiger partial charge in [0, 0.05) is 37.5 Å². The number of fused-ring (bicyclic) bond motifs is 1. The molecule has 1 aliphatic heterocycles. The third kappa shape index (κ3) is 6.44. The second kappa shape index (κ2) is 10.8. The molecule has 1 aromatic heterocycles. The van der Waals surface area contributed by atoms with Crippen LogP contribution >= 0.6 is 0 Å². The van der Waals surface area contributed by atoms with Crippen LogP contribution in [0.25, 0.3) is 11.3 Å². The van der Waals surface area contributed by atoms with Crippen molar-refractivity contribution in [1.29, 1.82) is 0 Å². The minimum atomic E-state index is -5.08. The van der Waals surface area contributed by atoms with Gasteiger partial charge in [-0.1, -0.05) is 29.3 Å². The van der Waals surface area contributed by atoms with Gasteiger partial charge in [0.1, 0.15) is 0 Å². The van der Waals surface area contributed by atoms with E-state index < -0.39 is 12.1 Å². The fourth-order valence-electron chi connectivity index (χ4n) is 4.17. The molecule has 4 rings (SSSR count). The molecule has 0 radical (unpaired) electrons. The van der Waals surface area contributed by atoms with E-state index in [4.69, 9.17) is 14.9 Å². The number of anilines is 1. The summed E-state index contributed by atoms with van der Waals surface area (Å²) in [5, 5.41) is 10.4. The van der Waals surface area contributed by atoms with Crippen LogP contribution in [0.2, 0.25) is 0 Å². The maximum absolute atomic E-state index is 13.0. The quantitative estimate of drug-likeness (QED) is 0.517. The zero-order valence-corrected chi connectivity index (χ0v) is 20.6. The zero-order chi connectivity index (χ0) is 26.6. The number of carboxylic acid groups (broad SMARTS) is 1. The van der Waals surface area contributed by atoms with Crippen molar-refractivity contribution in [3.05, 3.63) is 71.2 Å². The van der Waals surface area contributed by atoms with Crippen molar-refractivity contribution in [2.45, 2.75) is 45.5 Å². The lowest BCUT2D eigenvalue weighted by atomic mass is 9.98. The molecule has 1 atom stereocenters. The second-order valence-corrected chi connectivity index (χ2v) is 8.96. The fraction of sp³-hybridized carbons (Fsp3) is 0.346. The number of hydrogen-bond acceptors (Lipinski definition) is 4. The number of imidazole rings is 1. The van der Waals surface area contributed by atoms with Crippen molar-refractivity contribution >= 4 is 17.6 Å². The number of alkyl halides is 3. The molecule has 2 N–H and O–H groups in total. The van der Waals surface area contributed by atoms with E-state index in [1.54, 1.807) is 0 Å². The predicted octanol–water partition coefficient (Wildman–Crippen LogP) is 5.13. The number of nitrogens with one attached hydrogen (secondary N) is 1. The second-order valence-electron chi connectivity index (χ2n) is 8.96. The van der Waals surface area contributed by atoms with Crippen LogP contribution in [-0.2, 0) is 11.3 Å². The Labute approximate surface area is 207 Å². The lowest BCUT2D eigenvalue weighted by Gasteiger charge is -2.26. The molecule has 1 unspecified atom stereocenters. The highest BCUT2D eigenvalue weighted by Gasteiger charge is 2.38. The third-order valence-electron chi connectivity index (χ3n) is 5.79. The van der Waals surface area contributed by atoms with E-state index in [0.29, 0.717) is 0 Å². The largest absolute Gasteiger partial charge is 0.490 e. The summed E-state index contributed by atoms with van der Waals surface area (Å²) in [4.78, 5) is 28.6. The van der Waals surface area contributed by atoms with E-state index in [1.165, 1.54) is 0 Å². The van der Waals surface area contributed by atoms with Crippen molar-refractivity contribution in [2.75, 3.05) is 19.0 Å². The monoisotopic (exact) mass is 502 g/mol. The summed E-state index contributed by atoms with van der Waals surface area (Å²) >= 11 is 0. The Bertz CT molecular complexity index is 1210. The molecule has 7 nitrogen and oxygen atoms in total. The summed E-state index contributed by atoms with van der Waals surface area (Å²) in [5.74, 6) is -2.78. The van der Waals surface area contributed by atoms with Crippen LogP contribution < -0.4 is 10.2 Å². The number of carboxylic acids is 1. The Morgan fingerprint density at radius 3 is 2.19 bits per heavy atom. The smallest absolute Gasteiger partial charge is 0.475 e. The molecule has 0 saturated heterocycles. The van der Waals surface area contributed by atoms with E-state index in [1.807, 2.05) is 46.4 Å². The Kier molecular flexibility index (Phi) is 8.07. The van der Waals surface area contributed by atoms with Crippen molar-refractivity contribution in [3.63, 3.8) is 0 Å². The summed E-state index contributed by atoms with van der Waals surface area (Å²) in [6, 6.07) is 14.4. The molecule has 0 saturated carbocycles. The average molecular weight is 503 g/mol. The van der Waals surface area contributed by atoms with Gasteiger partial charge in [0.05, 0.1) is 23.8 Å². The Morgan fingerprint density at radius 2 is 1.67 bits per heavy atom. The molecule has 1 amide bonds. The first-order valence-electron chi connectivity index (χ1n) is 11.4. The van der Waals surface area contributed by atoms with E-state index in [-0.39, 0.29) is 11.9 Å². The van der Waals surface area contributed by atoms with Crippen LogP contribution in [0.1, 0.15) is 46.1 Å². The highest BCUT2D eigenvalue weighted by atomic mass is 19.4. The molecule has 1 aliphatic rings. The van der Waals surface area contributed by atoms with Gasteiger partial charge >= 0.3 is 12.1 Å². The number of nitrogens with zero attached hydrogens (tertiary/aromatic N) is 3. The van der Waals surface area contributed by atoms with E-state index >= 15 is 0 Å². The van der Waals surface area contributed by atoms with Crippen LogP contribution in [0.4, 0.5) is 18.9 Å². The van der Waals surface area contributed by atoms with Gasteiger partial charge in [-0.25, -0.2) is 9.78 Å². The number of aryl methyl sites for hydroxylation is 3. The number of aromatic nitrogens is 2. The summed E-state index contributed by atoms with van der Waals surface area (Å²) in [5.41, 5.74) is 7.22. The molecule has 0 aliphatic carbocycles. The van der Waals surface area contributed by atoms with Crippen LogP contribution in [-0.4, -0.2) is 46.8 Å². The number of halogens is 3. The molecular weight excluding hydrogens is 473 g/mol. The van der Waals surface area contributed by atoms with Crippen molar-refractivity contribution in [2.24, 2.45) is 0 Å². The van der Waals surface area contributed by atoms with E-state index in [2.05, 4.69) is 45.1 Å². The molecule has 3 aromatic rings. The molecule has 2 heterocycles. The van der Waals surface area contributed by atoms with Crippen LogP contribution in [0, 0.1) is 13.8 Å². The highest BCUT2D eigenvalue weighted by molar-refractivity contribution is 5.95. The summed E-state index contributed by atoms with van der Waals surface area (Å²) in [6.45, 7) is 4.98. The van der Waals surface area contributed by atoms with Gasteiger partial charge in [0.25, 0.3) is 5.91 Å². The summed E-state index contributed by atoms with van der Waals surface area (Å²) in [6.07, 6.45) is -1.23. The van der Waals surface area contributed by atoms with Gasteiger partial charge in [-0.15, -0.1) is 0 Å². The first kappa shape index (κ1) is 26.8. The normalized spacial score (nSPS) is 14.8. The fourth-order valence-corrected chi connectivity index (χ4v) is 4.17. The van der Waals surface area contributed by atoms with Gasteiger partial charge in [-0.2, -0.15) is 13.2 Å². The Morgan fingerprint density at radius 1 is 1.08 bits per heavy atom. The molecule has 192 valence electrons. The molecule has 36 heavy (non-hydrogen) atoms.